The quantitative estimate of drug-likeness (QED) is 0.433. The van der Waals surface area contributed by atoms with Crippen molar-refractivity contribution in [3.63, 3.8) is 0 Å². The topological polar surface area (TPSA) is 75.8 Å². The molecule has 0 atom stereocenters. The summed E-state index contributed by atoms with van der Waals surface area (Å²) in [5.74, 6) is 2.57. The van der Waals surface area contributed by atoms with E-state index in [1.807, 2.05) is 24.1 Å². The van der Waals surface area contributed by atoms with Crippen LogP contribution in [0.15, 0.2) is 33.8 Å². The zero-order chi connectivity index (χ0) is 18.4. The van der Waals surface area contributed by atoms with Crippen molar-refractivity contribution in [2.24, 2.45) is 10.9 Å². The average molecular weight is 378 g/mol. The second-order valence-corrected chi connectivity index (χ2v) is 6.80. The summed E-state index contributed by atoms with van der Waals surface area (Å²) < 4.78 is 11.0. The number of halogens is 1. The van der Waals surface area contributed by atoms with E-state index in [1.165, 1.54) is 12.8 Å². The van der Waals surface area contributed by atoms with Gasteiger partial charge in [0.15, 0.2) is 5.96 Å². The molecule has 140 valence electrons. The van der Waals surface area contributed by atoms with E-state index in [0.29, 0.717) is 29.9 Å². The molecular weight excluding hydrogens is 354 g/mol. The minimum absolute atomic E-state index is 0.403. The molecule has 0 saturated heterocycles. The third kappa shape index (κ3) is 5.44. The normalized spacial score (nSPS) is 14.5. The van der Waals surface area contributed by atoms with Crippen molar-refractivity contribution in [2.45, 2.75) is 19.4 Å². The molecule has 8 heteroatoms. The van der Waals surface area contributed by atoms with Crippen LogP contribution >= 0.6 is 11.6 Å². The number of guanidine groups is 1. The van der Waals surface area contributed by atoms with E-state index >= 15 is 0 Å². The Labute approximate surface area is 158 Å². The predicted octanol–water partition coefficient (Wildman–Crippen LogP) is 2.82. The zero-order valence-corrected chi connectivity index (χ0v) is 15.9. The third-order valence-electron chi connectivity index (χ3n) is 4.16. The van der Waals surface area contributed by atoms with Gasteiger partial charge in [0.05, 0.1) is 13.2 Å². The highest BCUT2D eigenvalue weighted by molar-refractivity contribution is 6.30. The van der Waals surface area contributed by atoms with Gasteiger partial charge in [-0.15, -0.1) is 0 Å². The van der Waals surface area contributed by atoms with Crippen LogP contribution in [0.4, 0.5) is 0 Å². The molecule has 1 aromatic carbocycles. The maximum atomic E-state index is 5.90. The molecule has 0 bridgehead atoms. The number of nitrogens with one attached hydrogen (secondary N) is 1. The highest BCUT2D eigenvalue weighted by atomic mass is 35.5. The molecule has 0 aliphatic heterocycles. The second kappa shape index (κ2) is 9.00. The molecule has 0 amide bonds. The van der Waals surface area contributed by atoms with Crippen molar-refractivity contribution in [1.29, 1.82) is 0 Å². The Morgan fingerprint density at radius 3 is 2.85 bits per heavy atom. The summed E-state index contributed by atoms with van der Waals surface area (Å²) in [6.45, 7) is 2.73. The van der Waals surface area contributed by atoms with Gasteiger partial charge in [-0.05, 0) is 43.0 Å². The van der Waals surface area contributed by atoms with Crippen molar-refractivity contribution in [1.82, 2.24) is 20.4 Å². The number of likely N-dealkylation sites (N-methyl/N-ethyl adjacent to an activating group) is 1. The molecule has 0 unspecified atom stereocenters. The first-order valence-corrected chi connectivity index (χ1v) is 9.11. The molecule has 26 heavy (non-hydrogen) atoms. The Balaban J connectivity index is 1.46. The van der Waals surface area contributed by atoms with Gasteiger partial charge in [-0.1, -0.05) is 16.8 Å². The fourth-order valence-electron chi connectivity index (χ4n) is 2.42. The van der Waals surface area contributed by atoms with E-state index in [1.54, 1.807) is 19.2 Å². The minimum atomic E-state index is 0.403. The molecule has 1 aliphatic rings. The molecule has 1 heterocycles. The summed E-state index contributed by atoms with van der Waals surface area (Å²) >= 11 is 5.90. The SMILES string of the molecule is CN=C(NCc1nc(-c2ccc(Cl)cc2)no1)N(C)CCOCC1CC1. The summed E-state index contributed by atoms with van der Waals surface area (Å²) in [7, 11) is 3.72. The Kier molecular flexibility index (Phi) is 6.46. The highest BCUT2D eigenvalue weighted by Crippen LogP contribution is 2.28. The smallest absolute Gasteiger partial charge is 0.246 e. The number of ether oxygens (including phenoxy) is 1. The molecule has 1 aliphatic carbocycles. The summed E-state index contributed by atoms with van der Waals surface area (Å²) in [5, 5.41) is 7.90. The minimum Gasteiger partial charge on any atom is -0.379 e. The summed E-state index contributed by atoms with van der Waals surface area (Å²) in [6, 6.07) is 7.32. The van der Waals surface area contributed by atoms with Gasteiger partial charge < -0.3 is 19.5 Å². The fourth-order valence-corrected chi connectivity index (χ4v) is 2.55. The Morgan fingerprint density at radius 2 is 2.15 bits per heavy atom. The molecule has 1 saturated carbocycles. The van der Waals surface area contributed by atoms with Crippen LogP contribution in [-0.2, 0) is 11.3 Å². The highest BCUT2D eigenvalue weighted by Gasteiger charge is 2.21. The Hall–Kier alpha value is -2.12. The standard InChI is InChI=1S/C18H24ClN5O2/c1-20-18(24(2)9-10-25-12-13-3-4-13)21-11-16-22-17(23-26-16)14-5-7-15(19)8-6-14/h5-8,13H,3-4,9-12H2,1-2H3,(H,20,21). The fraction of sp³-hybridized carbons (Fsp3) is 0.500. The maximum Gasteiger partial charge on any atom is 0.246 e. The molecular formula is C18H24ClN5O2. The zero-order valence-electron chi connectivity index (χ0n) is 15.1. The summed E-state index contributed by atoms with van der Waals surface area (Å²) in [5.41, 5.74) is 0.860. The number of hydrogen-bond donors (Lipinski definition) is 1. The predicted molar refractivity (Wildman–Crippen MR) is 101 cm³/mol. The Morgan fingerprint density at radius 1 is 1.38 bits per heavy atom. The van der Waals surface area contributed by atoms with E-state index in [0.717, 1.165) is 30.6 Å². The molecule has 3 rings (SSSR count). The first-order valence-electron chi connectivity index (χ1n) is 8.73. The van der Waals surface area contributed by atoms with Gasteiger partial charge in [0, 0.05) is 37.8 Å². The van der Waals surface area contributed by atoms with Crippen LogP contribution < -0.4 is 5.32 Å². The molecule has 7 nitrogen and oxygen atoms in total. The molecule has 0 spiro atoms. The average Bonchev–Trinajstić information content (AvgIpc) is 3.36. The molecule has 1 aromatic heterocycles. The van der Waals surface area contributed by atoms with E-state index in [4.69, 9.17) is 20.9 Å². The van der Waals surface area contributed by atoms with Gasteiger partial charge in [0.25, 0.3) is 0 Å². The van der Waals surface area contributed by atoms with Crippen molar-refractivity contribution in [3.05, 3.63) is 35.2 Å². The largest absolute Gasteiger partial charge is 0.379 e. The monoisotopic (exact) mass is 377 g/mol. The maximum absolute atomic E-state index is 5.90. The number of aromatic nitrogens is 2. The first kappa shape index (κ1) is 18.7. The van der Waals surface area contributed by atoms with Crippen LogP contribution in [0.5, 0.6) is 0 Å². The lowest BCUT2D eigenvalue weighted by molar-refractivity contribution is 0.115. The van der Waals surface area contributed by atoms with Crippen molar-refractivity contribution in [2.75, 3.05) is 33.9 Å². The van der Waals surface area contributed by atoms with E-state index < -0.39 is 0 Å². The van der Waals surface area contributed by atoms with Gasteiger partial charge in [0.2, 0.25) is 11.7 Å². The first-order chi connectivity index (χ1) is 12.7. The van der Waals surface area contributed by atoms with Crippen LogP contribution in [0.3, 0.4) is 0 Å². The summed E-state index contributed by atoms with van der Waals surface area (Å²) in [6.07, 6.45) is 2.61. The second-order valence-electron chi connectivity index (χ2n) is 6.36. The number of benzene rings is 1. The molecule has 1 N–H and O–H groups in total. The summed E-state index contributed by atoms with van der Waals surface area (Å²) in [4.78, 5) is 10.7. The molecule has 1 fully saturated rings. The molecule has 2 aromatic rings. The van der Waals surface area contributed by atoms with Crippen LogP contribution in [0.1, 0.15) is 18.7 Å². The van der Waals surface area contributed by atoms with Crippen LogP contribution in [0.2, 0.25) is 5.02 Å². The van der Waals surface area contributed by atoms with Gasteiger partial charge in [-0.2, -0.15) is 4.98 Å². The van der Waals surface area contributed by atoms with Gasteiger partial charge in [-0.3, -0.25) is 4.99 Å². The number of rotatable bonds is 8. The van der Waals surface area contributed by atoms with Crippen LogP contribution in [-0.4, -0.2) is 54.9 Å². The third-order valence-corrected chi connectivity index (χ3v) is 4.42. The van der Waals surface area contributed by atoms with E-state index in [9.17, 15) is 0 Å². The lowest BCUT2D eigenvalue weighted by Gasteiger charge is -2.21. The number of nitrogens with zero attached hydrogens (tertiary/aromatic N) is 4. The van der Waals surface area contributed by atoms with Crippen molar-refractivity contribution < 1.29 is 9.26 Å². The van der Waals surface area contributed by atoms with Gasteiger partial charge in [-0.25, -0.2) is 0 Å². The van der Waals surface area contributed by atoms with E-state index in [-0.39, 0.29) is 0 Å². The van der Waals surface area contributed by atoms with Crippen LogP contribution in [0.25, 0.3) is 11.4 Å². The Bertz CT molecular complexity index is 727. The lowest BCUT2D eigenvalue weighted by atomic mass is 10.2. The van der Waals surface area contributed by atoms with Crippen LogP contribution in [0, 0.1) is 5.92 Å². The van der Waals surface area contributed by atoms with Crippen molar-refractivity contribution >= 4 is 17.6 Å². The number of hydrogen-bond acceptors (Lipinski definition) is 5. The van der Waals surface area contributed by atoms with Gasteiger partial charge >= 0.3 is 0 Å². The van der Waals surface area contributed by atoms with Gasteiger partial charge in [0.1, 0.15) is 0 Å². The van der Waals surface area contributed by atoms with E-state index in [2.05, 4.69) is 20.4 Å². The lowest BCUT2D eigenvalue weighted by Crippen LogP contribution is -2.40. The van der Waals surface area contributed by atoms with Crippen molar-refractivity contribution in [3.8, 4) is 11.4 Å². The number of aliphatic imine (C=N–C) groups is 1. The molecule has 0 radical (unpaired) electrons.